The van der Waals surface area contributed by atoms with Crippen LogP contribution >= 0.6 is 0 Å². The lowest BCUT2D eigenvalue weighted by molar-refractivity contribution is -0.136. The number of likely N-dealkylation sites (tertiary alicyclic amines) is 1. The zero-order valence-electron chi connectivity index (χ0n) is 8.16. The summed E-state index contributed by atoms with van der Waals surface area (Å²) < 4.78 is 0. The van der Waals surface area contributed by atoms with Crippen molar-refractivity contribution in [3.63, 3.8) is 0 Å². The molecule has 14 heavy (non-hydrogen) atoms. The molecule has 0 saturated carbocycles. The van der Waals surface area contributed by atoms with Crippen LogP contribution in [0, 0.1) is 0 Å². The molecule has 0 bridgehead atoms. The van der Waals surface area contributed by atoms with Crippen LogP contribution in [0.2, 0.25) is 0 Å². The van der Waals surface area contributed by atoms with E-state index in [2.05, 4.69) is 5.32 Å². The minimum absolute atomic E-state index is 0.0157. The van der Waals surface area contributed by atoms with Gasteiger partial charge in [-0.05, 0) is 19.8 Å². The number of carbonyl (C=O) groups is 3. The van der Waals surface area contributed by atoms with Gasteiger partial charge in [-0.2, -0.15) is 0 Å². The van der Waals surface area contributed by atoms with Crippen molar-refractivity contribution in [2.24, 2.45) is 0 Å². The number of amides is 2. The third kappa shape index (κ3) is 2.31. The van der Waals surface area contributed by atoms with Gasteiger partial charge in [0.25, 0.3) is 0 Å². The van der Waals surface area contributed by atoms with Crippen molar-refractivity contribution in [1.82, 2.24) is 10.2 Å². The Balaban J connectivity index is 2.53. The summed E-state index contributed by atoms with van der Waals surface area (Å²) in [6.45, 7) is 2.08. The maximum Gasteiger partial charge on any atom is 0.242 e. The van der Waals surface area contributed by atoms with Crippen molar-refractivity contribution >= 4 is 18.1 Å². The maximum atomic E-state index is 11.5. The lowest BCUT2D eigenvalue weighted by Crippen LogP contribution is -2.43. The number of rotatable bonds is 4. The Kier molecular flexibility index (Phi) is 3.62. The molecule has 1 heterocycles. The standard InChI is InChI=1S/C9H14N2O3/c1-7(13)8-3-2-4-11(8)9(14)5-10-6-12/h6,8H,2-5H2,1H3,(H,10,12)/t8-/m0/s1. The highest BCUT2D eigenvalue weighted by molar-refractivity contribution is 5.89. The van der Waals surface area contributed by atoms with E-state index < -0.39 is 0 Å². The average molecular weight is 198 g/mol. The maximum absolute atomic E-state index is 11.5. The van der Waals surface area contributed by atoms with Gasteiger partial charge in [0, 0.05) is 6.54 Å². The van der Waals surface area contributed by atoms with E-state index in [1.807, 2.05) is 0 Å². The number of nitrogens with one attached hydrogen (secondary N) is 1. The van der Waals surface area contributed by atoms with Gasteiger partial charge in [-0.3, -0.25) is 14.4 Å². The van der Waals surface area contributed by atoms with Crippen LogP contribution in [0.4, 0.5) is 0 Å². The number of hydrogen-bond acceptors (Lipinski definition) is 3. The van der Waals surface area contributed by atoms with Crippen LogP contribution in [-0.4, -0.2) is 42.1 Å². The Morgan fingerprint density at radius 2 is 2.29 bits per heavy atom. The fourth-order valence-electron chi connectivity index (χ4n) is 1.72. The summed E-state index contributed by atoms with van der Waals surface area (Å²) in [5.41, 5.74) is 0. The summed E-state index contributed by atoms with van der Waals surface area (Å²) in [6, 6.07) is -0.282. The molecule has 0 aliphatic carbocycles. The minimum atomic E-state index is -0.282. The van der Waals surface area contributed by atoms with Gasteiger partial charge in [0.15, 0.2) is 5.78 Å². The molecule has 1 atom stereocenters. The SMILES string of the molecule is CC(=O)[C@@H]1CCCN1C(=O)CNC=O. The Hall–Kier alpha value is -1.39. The Morgan fingerprint density at radius 1 is 1.57 bits per heavy atom. The molecule has 0 radical (unpaired) electrons. The fourth-order valence-corrected chi connectivity index (χ4v) is 1.72. The molecule has 0 aromatic heterocycles. The summed E-state index contributed by atoms with van der Waals surface area (Å²) in [5.74, 6) is -0.170. The molecule has 0 aromatic rings. The van der Waals surface area contributed by atoms with Crippen molar-refractivity contribution in [3.8, 4) is 0 Å². The topological polar surface area (TPSA) is 66.5 Å². The van der Waals surface area contributed by atoms with E-state index in [9.17, 15) is 14.4 Å². The normalized spacial score (nSPS) is 20.6. The van der Waals surface area contributed by atoms with Crippen molar-refractivity contribution in [3.05, 3.63) is 0 Å². The van der Waals surface area contributed by atoms with Crippen LogP contribution < -0.4 is 5.32 Å². The van der Waals surface area contributed by atoms with Crippen LogP contribution in [0.15, 0.2) is 0 Å². The molecule has 1 aliphatic rings. The summed E-state index contributed by atoms with van der Waals surface area (Å²) in [4.78, 5) is 34.2. The lowest BCUT2D eigenvalue weighted by atomic mass is 10.1. The quantitative estimate of drug-likeness (QED) is 0.608. The fraction of sp³-hybridized carbons (Fsp3) is 0.667. The third-order valence-electron chi connectivity index (χ3n) is 2.38. The van der Waals surface area contributed by atoms with Crippen molar-refractivity contribution in [2.75, 3.05) is 13.1 Å². The van der Waals surface area contributed by atoms with Crippen molar-refractivity contribution < 1.29 is 14.4 Å². The van der Waals surface area contributed by atoms with E-state index >= 15 is 0 Å². The highest BCUT2D eigenvalue weighted by atomic mass is 16.2. The van der Waals surface area contributed by atoms with Crippen LogP contribution in [0.3, 0.4) is 0 Å². The van der Waals surface area contributed by atoms with Gasteiger partial charge in [-0.1, -0.05) is 0 Å². The summed E-state index contributed by atoms with van der Waals surface area (Å²) in [6.07, 6.45) is 2.08. The third-order valence-corrected chi connectivity index (χ3v) is 2.38. The molecule has 1 N–H and O–H groups in total. The van der Waals surface area contributed by atoms with Gasteiger partial charge in [-0.25, -0.2) is 0 Å². The number of nitrogens with zero attached hydrogens (tertiary/aromatic N) is 1. The molecule has 5 nitrogen and oxygen atoms in total. The van der Waals surface area contributed by atoms with E-state index in [0.717, 1.165) is 12.8 Å². The molecule has 0 spiro atoms. The molecule has 2 amide bonds. The summed E-state index contributed by atoms with van der Waals surface area (Å²) in [5, 5.41) is 2.30. The average Bonchev–Trinajstić information content (AvgIpc) is 2.62. The summed E-state index contributed by atoms with van der Waals surface area (Å²) >= 11 is 0. The molecule has 1 fully saturated rings. The van der Waals surface area contributed by atoms with Crippen LogP contribution in [0.1, 0.15) is 19.8 Å². The van der Waals surface area contributed by atoms with Crippen LogP contribution in [0.25, 0.3) is 0 Å². The van der Waals surface area contributed by atoms with Crippen molar-refractivity contribution in [1.29, 1.82) is 0 Å². The van der Waals surface area contributed by atoms with Gasteiger partial charge in [0.05, 0.1) is 12.6 Å². The highest BCUT2D eigenvalue weighted by Crippen LogP contribution is 2.17. The first-order valence-electron chi connectivity index (χ1n) is 4.63. The van der Waals surface area contributed by atoms with Gasteiger partial charge in [-0.15, -0.1) is 0 Å². The molecular weight excluding hydrogens is 184 g/mol. The van der Waals surface area contributed by atoms with E-state index in [4.69, 9.17) is 0 Å². The Bertz CT molecular complexity index is 252. The largest absolute Gasteiger partial charge is 0.350 e. The zero-order valence-corrected chi connectivity index (χ0v) is 8.16. The second-order valence-electron chi connectivity index (χ2n) is 3.35. The van der Waals surface area contributed by atoms with Crippen LogP contribution in [0.5, 0.6) is 0 Å². The van der Waals surface area contributed by atoms with Gasteiger partial charge in [0.2, 0.25) is 12.3 Å². The van der Waals surface area contributed by atoms with Crippen LogP contribution in [-0.2, 0) is 14.4 Å². The second-order valence-corrected chi connectivity index (χ2v) is 3.35. The van der Waals surface area contributed by atoms with Gasteiger partial charge in [0.1, 0.15) is 0 Å². The molecule has 78 valence electrons. The van der Waals surface area contributed by atoms with E-state index in [-0.39, 0.29) is 24.3 Å². The molecule has 1 rings (SSSR count). The lowest BCUT2D eigenvalue weighted by Gasteiger charge is -2.22. The molecule has 0 unspecified atom stereocenters. The van der Waals surface area contributed by atoms with E-state index in [1.165, 1.54) is 6.92 Å². The van der Waals surface area contributed by atoms with Gasteiger partial charge < -0.3 is 10.2 Å². The second kappa shape index (κ2) is 4.74. The summed E-state index contributed by atoms with van der Waals surface area (Å²) in [7, 11) is 0. The highest BCUT2D eigenvalue weighted by Gasteiger charge is 2.31. The predicted molar refractivity (Wildman–Crippen MR) is 49.5 cm³/mol. The number of ketones is 1. The minimum Gasteiger partial charge on any atom is -0.350 e. The monoisotopic (exact) mass is 198 g/mol. The molecule has 1 aliphatic heterocycles. The first-order chi connectivity index (χ1) is 6.66. The number of carbonyl (C=O) groups excluding carboxylic acids is 3. The molecular formula is C9H14N2O3. The molecule has 5 heteroatoms. The van der Waals surface area contributed by atoms with Gasteiger partial charge >= 0.3 is 0 Å². The van der Waals surface area contributed by atoms with E-state index in [1.54, 1.807) is 4.90 Å². The first-order valence-corrected chi connectivity index (χ1v) is 4.63. The smallest absolute Gasteiger partial charge is 0.242 e. The molecule has 1 saturated heterocycles. The molecule has 0 aromatic carbocycles. The number of hydrogen-bond donors (Lipinski definition) is 1. The van der Waals surface area contributed by atoms with Crippen molar-refractivity contribution in [2.45, 2.75) is 25.8 Å². The Labute approximate surface area is 82.4 Å². The van der Waals surface area contributed by atoms with E-state index in [0.29, 0.717) is 13.0 Å². The predicted octanol–water partition coefficient (Wildman–Crippen LogP) is -0.688. The first kappa shape index (κ1) is 10.7. The number of Topliss-reactive ketones (excluding diaryl/α,β-unsaturated/α-hetero) is 1. The zero-order chi connectivity index (χ0) is 10.6. The Morgan fingerprint density at radius 3 is 2.86 bits per heavy atom.